The van der Waals surface area contributed by atoms with Crippen molar-refractivity contribution >= 4 is 28.1 Å². The van der Waals surface area contributed by atoms with Gasteiger partial charge in [-0.3, -0.25) is 5.10 Å². The molecule has 0 amide bonds. The quantitative estimate of drug-likeness (QED) is 0.671. The minimum Gasteiger partial charge on any atom is -0.397 e. The zero-order valence-corrected chi connectivity index (χ0v) is 9.38. The van der Waals surface area contributed by atoms with Crippen LogP contribution in [-0.4, -0.2) is 20.2 Å². The summed E-state index contributed by atoms with van der Waals surface area (Å²) in [5, 5.41) is 8.00. The van der Waals surface area contributed by atoms with Crippen molar-refractivity contribution in [2.45, 2.75) is 6.92 Å². The molecule has 0 saturated heterocycles. The van der Waals surface area contributed by atoms with Crippen LogP contribution in [0.2, 0.25) is 0 Å². The second kappa shape index (κ2) is 3.28. The predicted octanol–water partition coefficient (Wildman–Crippen LogP) is 1.97. The van der Waals surface area contributed by atoms with Gasteiger partial charge in [0.15, 0.2) is 5.65 Å². The van der Waals surface area contributed by atoms with Crippen molar-refractivity contribution in [1.29, 1.82) is 0 Å². The number of nitrogen functional groups attached to an aromatic ring is 1. The molecule has 0 aromatic carbocycles. The third kappa shape index (κ3) is 1.27. The molecule has 80 valence electrons. The Morgan fingerprint density at radius 1 is 1.38 bits per heavy atom. The molecule has 0 fully saturated rings. The molecule has 0 aliphatic carbocycles. The number of nitrogens with one attached hydrogen (secondary N) is 1. The minimum absolute atomic E-state index is 0.628. The van der Waals surface area contributed by atoms with Crippen molar-refractivity contribution in [3.63, 3.8) is 0 Å². The molecule has 0 atom stereocenters. The van der Waals surface area contributed by atoms with Crippen LogP contribution in [-0.2, 0) is 0 Å². The van der Waals surface area contributed by atoms with Crippen LogP contribution in [0.15, 0.2) is 17.8 Å². The Bertz CT molecular complexity index is 654. The number of aryl methyl sites for hydroxylation is 1. The van der Waals surface area contributed by atoms with Crippen LogP contribution in [0.1, 0.15) is 4.88 Å². The second-order valence-electron chi connectivity index (χ2n) is 3.50. The molecule has 0 bridgehead atoms. The molecule has 16 heavy (non-hydrogen) atoms. The van der Waals surface area contributed by atoms with E-state index in [0.29, 0.717) is 11.3 Å². The van der Waals surface area contributed by atoms with Crippen LogP contribution in [0.3, 0.4) is 0 Å². The summed E-state index contributed by atoms with van der Waals surface area (Å²) in [5.74, 6) is 0. The number of rotatable bonds is 1. The topological polar surface area (TPSA) is 80.5 Å². The van der Waals surface area contributed by atoms with E-state index in [1.54, 1.807) is 17.5 Å². The minimum atomic E-state index is 0.628. The summed E-state index contributed by atoms with van der Waals surface area (Å²) in [6.07, 6.45) is 1.60. The van der Waals surface area contributed by atoms with Gasteiger partial charge in [-0.25, -0.2) is 9.97 Å². The summed E-state index contributed by atoms with van der Waals surface area (Å²) in [5.41, 5.74) is 10.6. The first-order valence-corrected chi connectivity index (χ1v) is 5.64. The van der Waals surface area contributed by atoms with E-state index in [4.69, 9.17) is 5.73 Å². The lowest BCUT2D eigenvalue weighted by atomic mass is 10.2. The van der Waals surface area contributed by atoms with Crippen molar-refractivity contribution in [2.24, 2.45) is 0 Å². The Labute approximate surface area is 95.4 Å². The molecule has 3 rings (SSSR count). The van der Waals surface area contributed by atoms with Gasteiger partial charge in [-0.05, 0) is 13.0 Å². The summed E-state index contributed by atoms with van der Waals surface area (Å²) < 4.78 is 0. The highest BCUT2D eigenvalue weighted by Gasteiger charge is 2.12. The standard InChI is InChI=1S/C10H9N5S/c1-5-8(13-4-16-5)9-7-2-6(11)3-12-10(7)15-14-9/h2-4H,11H2,1H3,(H,12,14,15). The predicted molar refractivity (Wildman–Crippen MR) is 64.1 cm³/mol. The molecular weight excluding hydrogens is 222 g/mol. The first-order chi connectivity index (χ1) is 7.75. The number of nitrogens with two attached hydrogens (primary N) is 1. The summed E-state index contributed by atoms with van der Waals surface area (Å²) in [6, 6.07) is 1.86. The van der Waals surface area contributed by atoms with Gasteiger partial charge < -0.3 is 5.73 Å². The summed E-state index contributed by atoms with van der Waals surface area (Å²) in [6.45, 7) is 2.03. The van der Waals surface area contributed by atoms with Gasteiger partial charge in [0.2, 0.25) is 0 Å². The molecule has 3 heterocycles. The Kier molecular flexibility index (Phi) is 1.90. The first-order valence-electron chi connectivity index (χ1n) is 4.76. The highest BCUT2D eigenvalue weighted by atomic mass is 32.1. The molecule has 3 aromatic rings. The Hall–Kier alpha value is -1.95. The molecule has 5 nitrogen and oxygen atoms in total. The largest absolute Gasteiger partial charge is 0.397 e. The van der Waals surface area contributed by atoms with Crippen LogP contribution >= 0.6 is 11.3 Å². The van der Waals surface area contributed by atoms with Gasteiger partial charge in [-0.15, -0.1) is 11.3 Å². The zero-order valence-electron chi connectivity index (χ0n) is 8.56. The number of pyridine rings is 1. The lowest BCUT2D eigenvalue weighted by Gasteiger charge is -1.96. The van der Waals surface area contributed by atoms with Crippen LogP contribution in [0.5, 0.6) is 0 Å². The van der Waals surface area contributed by atoms with Gasteiger partial charge >= 0.3 is 0 Å². The molecule has 0 unspecified atom stereocenters. The lowest BCUT2D eigenvalue weighted by Crippen LogP contribution is -1.86. The average molecular weight is 231 g/mol. The molecule has 0 aliphatic rings. The zero-order chi connectivity index (χ0) is 11.1. The molecule has 0 spiro atoms. The number of aromatic amines is 1. The number of hydrogen-bond acceptors (Lipinski definition) is 5. The number of H-pyrrole nitrogens is 1. The van der Waals surface area contributed by atoms with E-state index in [0.717, 1.165) is 21.7 Å². The van der Waals surface area contributed by atoms with Crippen LogP contribution in [0, 0.1) is 6.92 Å². The third-order valence-electron chi connectivity index (χ3n) is 2.41. The summed E-state index contributed by atoms with van der Waals surface area (Å²) in [4.78, 5) is 9.61. The van der Waals surface area contributed by atoms with E-state index in [1.165, 1.54) is 0 Å². The van der Waals surface area contributed by atoms with Crippen molar-refractivity contribution in [3.05, 3.63) is 22.7 Å². The highest BCUT2D eigenvalue weighted by molar-refractivity contribution is 7.10. The van der Waals surface area contributed by atoms with Gasteiger partial charge in [-0.1, -0.05) is 0 Å². The van der Waals surface area contributed by atoms with Gasteiger partial charge in [0.1, 0.15) is 5.69 Å². The number of fused-ring (bicyclic) bond motifs is 1. The van der Waals surface area contributed by atoms with Gasteiger partial charge in [-0.2, -0.15) is 5.10 Å². The first kappa shape index (κ1) is 9.29. The molecule has 3 aromatic heterocycles. The van der Waals surface area contributed by atoms with Crippen molar-refractivity contribution < 1.29 is 0 Å². The third-order valence-corrected chi connectivity index (χ3v) is 3.17. The molecule has 0 aliphatic heterocycles. The van der Waals surface area contributed by atoms with Crippen LogP contribution in [0.4, 0.5) is 5.69 Å². The molecule has 0 saturated carbocycles. The van der Waals surface area contributed by atoms with E-state index in [2.05, 4.69) is 20.2 Å². The monoisotopic (exact) mass is 231 g/mol. The normalized spacial score (nSPS) is 11.1. The molecule has 6 heteroatoms. The summed E-state index contributed by atoms with van der Waals surface area (Å²) >= 11 is 1.60. The van der Waals surface area contributed by atoms with Gasteiger partial charge in [0.25, 0.3) is 0 Å². The van der Waals surface area contributed by atoms with Crippen molar-refractivity contribution in [3.8, 4) is 11.4 Å². The molecular formula is C10H9N5S. The fraction of sp³-hybridized carbons (Fsp3) is 0.100. The fourth-order valence-corrected chi connectivity index (χ4v) is 2.22. The van der Waals surface area contributed by atoms with E-state index < -0.39 is 0 Å². The van der Waals surface area contributed by atoms with E-state index in [9.17, 15) is 0 Å². The van der Waals surface area contributed by atoms with Gasteiger partial charge in [0.05, 0.1) is 28.5 Å². The number of anilines is 1. The molecule has 0 radical (unpaired) electrons. The maximum atomic E-state index is 5.72. The fourth-order valence-electron chi connectivity index (χ4n) is 1.64. The number of hydrogen-bond donors (Lipinski definition) is 2. The van der Waals surface area contributed by atoms with Crippen molar-refractivity contribution in [2.75, 3.05) is 5.73 Å². The Morgan fingerprint density at radius 3 is 3.00 bits per heavy atom. The van der Waals surface area contributed by atoms with Crippen LogP contribution in [0.25, 0.3) is 22.4 Å². The van der Waals surface area contributed by atoms with E-state index >= 15 is 0 Å². The summed E-state index contributed by atoms with van der Waals surface area (Å²) in [7, 11) is 0. The Morgan fingerprint density at radius 2 is 2.25 bits per heavy atom. The smallest absolute Gasteiger partial charge is 0.181 e. The second-order valence-corrected chi connectivity index (χ2v) is 4.55. The Balaban J connectivity index is 2.32. The van der Waals surface area contributed by atoms with E-state index in [-0.39, 0.29) is 0 Å². The highest BCUT2D eigenvalue weighted by Crippen LogP contribution is 2.29. The number of aromatic nitrogens is 4. The van der Waals surface area contributed by atoms with Crippen LogP contribution < -0.4 is 5.73 Å². The molecule has 3 N–H and O–H groups in total. The maximum absolute atomic E-state index is 5.72. The average Bonchev–Trinajstić information content (AvgIpc) is 2.83. The number of thiazole rings is 1. The maximum Gasteiger partial charge on any atom is 0.181 e. The number of nitrogens with zero attached hydrogens (tertiary/aromatic N) is 3. The lowest BCUT2D eigenvalue weighted by molar-refractivity contribution is 1.09. The van der Waals surface area contributed by atoms with E-state index in [1.807, 2.05) is 18.5 Å². The van der Waals surface area contributed by atoms with Gasteiger partial charge in [0, 0.05) is 4.88 Å². The van der Waals surface area contributed by atoms with Crippen molar-refractivity contribution in [1.82, 2.24) is 20.2 Å². The SMILES string of the molecule is Cc1scnc1-c1[nH]nc2ncc(N)cc12.